The summed E-state index contributed by atoms with van der Waals surface area (Å²) in [5, 5.41) is 10.2. The summed E-state index contributed by atoms with van der Waals surface area (Å²) in [5.74, 6) is 1.95. The van der Waals surface area contributed by atoms with Crippen molar-refractivity contribution in [3.63, 3.8) is 0 Å². The molecule has 0 spiro atoms. The number of ether oxygens (including phenoxy) is 2. The van der Waals surface area contributed by atoms with E-state index in [1.54, 1.807) is 7.11 Å². The Morgan fingerprint density at radius 3 is 2.43 bits per heavy atom. The molecule has 1 fully saturated rings. The molecule has 0 saturated heterocycles. The maximum absolute atomic E-state index is 12.3. The number of likely N-dealkylation sites (N-methyl/N-ethyl adjacent to an activating group) is 1. The third kappa shape index (κ3) is 7.22. The van der Waals surface area contributed by atoms with Gasteiger partial charge in [0.05, 0.1) is 12.6 Å². The number of methoxy groups -OCH3 is 1. The molecule has 9 heteroatoms. The third-order valence-corrected chi connectivity index (χ3v) is 6.83. The van der Waals surface area contributed by atoms with Crippen LogP contribution in [-0.2, 0) is 0 Å². The van der Waals surface area contributed by atoms with Gasteiger partial charge in [-0.25, -0.2) is 14.8 Å². The first-order valence-corrected chi connectivity index (χ1v) is 13.2. The van der Waals surface area contributed by atoms with Crippen LogP contribution in [0.3, 0.4) is 0 Å². The Balaban J connectivity index is 1.41. The second kappa shape index (κ2) is 13.1. The second-order valence-corrected chi connectivity index (χ2v) is 9.25. The quantitative estimate of drug-likeness (QED) is 0.313. The number of rotatable bonds is 11. The molecular weight excluding hydrogens is 468 g/mol. The highest BCUT2D eigenvalue weighted by atomic mass is 16.5. The maximum Gasteiger partial charge on any atom is 0.319 e. The number of benzene rings is 2. The van der Waals surface area contributed by atoms with Crippen LogP contribution in [0.15, 0.2) is 42.7 Å². The minimum atomic E-state index is -0.156. The molecule has 0 atom stereocenters. The predicted octanol–water partition coefficient (Wildman–Crippen LogP) is 5.56. The molecule has 1 aliphatic rings. The van der Waals surface area contributed by atoms with Gasteiger partial charge in [0.1, 0.15) is 18.8 Å². The molecule has 1 saturated carbocycles. The zero-order valence-electron chi connectivity index (χ0n) is 22.0. The smallest absolute Gasteiger partial charge is 0.319 e. The van der Waals surface area contributed by atoms with Crippen LogP contribution in [0.25, 0.3) is 10.9 Å². The lowest BCUT2D eigenvalue weighted by Crippen LogP contribution is -2.38. The molecule has 0 unspecified atom stereocenters. The van der Waals surface area contributed by atoms with E-state index < -0.39 is 0 Å². The first-order chi connectivity index (χ1) is 18.1. The molecule has 3 aromatic rings. The Bertz CT molecular complexity index is 1160. The molecule has 0 aliphatic heterocycles. The van der Waals surface area contributed by atoms with Crippen molar-refractivity contribution in [3.05, 3.63) is 42.7 Å². The lowest BCUT2D eigenvalue weighted by atomic mass is 9.96. The summed E-state index contributed by atoms with van der Waals surface area (Å²) in [7, 11) is 1.63. The highest BCUT2D eigenvalue weighted by molar-refractivity contribution is 5.93. The van der Waals surface area contributed by atoms with Crippen molar-refractivity contribution in [2.45, 2.75) is 52.0 Å². The molecule has 37 heavy (non-hydrogen) atoms. The number of urea groups is 1. The summed E-state index contributed by atoms with van der Waals surface area (Å²) in [6, 6.07) is 11.5. The Kier molecular flexibility index (Phi) is 9.37. The van der Waals surface area contributed by atoms with E-state index in [0.717, 1.165) is 54.8 Å². The number of anilines is 3. The highest BCUT2D eigenvalue weighted by Crippen LogP contribution is 2.34. The van der Waals surface area contributed by atoms with Crippen LogP contribution in [0.2, 0.25) is 0 Å². The SMILES string of the molecule is CCN(CC)CCOc1cc2ncnc(Nc3ccc(NC(=O)NC4CCCCC4)cc3)c2cc1OC. The van der Waals surface area contributed by atoms with Crippen LogP contribution in [0.5, 0.6) is 11.5 Å². The minimum absolute atomic E-state index is 0.156. The molecule has 1 heterocycles. The van der Waals surface area contributed by atoms with Gasteiger partial charge < -0.3 is 30.3 Å². The van der Waals surface area contributed by atoms with E-state index in [1.165, 1.54) is 25.6 Å². The zero-order chi connectivity index (χ0) is 26.0. The number of nitrogens with one attached hydrogen (secondary N) is 3. The van der Waals surface area contributed by atoms with Gasteiger partial charge in [-0.15, -0.1) is 0 Å². The summed E-state index contributed by atoms with van der Waals surface area (Å²) in [4.78, 5) is 23.5. The van der Waals surface area contributed by atoms with Gasteiger partial charge >= 0.3 is 6.03 Å². The molecule has 2 aromatic carbocycles. The number of aromatic nitrogens is 2. The molecule has 4 rings (SSSR count). The van der Waals surface area contributed by atoms with Crippen LogP contribution < -0.4 is 25.4 Å². The average molecular weight is 507 g/mol. The fraction of sp³-hybridized carbons (Fsp3) is 0.464. The Labute approximate surface area is 219 Å². The van der Waals surface area contributed by atoms with E-state index in [0.29, 0.717) is 23.9 Å². The van der Waals surface area contributed by atoms with E-state index in [4.69, 9.17) is 9.47 Å². The summed E-state index contributed by atoms with van der Waals surface area (Å²) in [5.41, 5.74) is 2.34. The fourth-order valence-electron chi connectivity index (χ4n) is 4.63. The van der Waals surface area contributed by atoms with E-state index in [2.05, 4.69) is 44.7 Å². The standard InChI is InChI=1S/C28H38N6O3/c1-4-34(5-2)15-16-37-26-18-24-23(17-25(26)36-3)27(30-19-29-24)31-21-11-13-22(14-12-21)33-28(35)32-20-9-7-6-8-10-20/h11-14,17-20H,4-10,15-16H2,1-3H3,(H,29,30,31)(H2,32,33,35). The summed E-state index contributed by atoms with van der Waals surface area (Å²) >= 11 is 0. The number of hydrogen-bond acceptors (Lipinski definition) is 7. The first kappa shape index (κ1) is 26.5. The van der Waals surface area contributed by atoms with Crippen molar-refractivity contribution in [1.29, 1.82) is 0 Å². The normalized spacial score (nSPS) is 13.9. The van der Waals surface area contributed by atoms with Gasteiger partial charge in [0.25, 0.3) is 0 Å². The van der Waals surface area contributed by atoms with Crippen molar-refractivity contribution in [2.75, 3.05) is 44.0 Å². The van der Waals surface area contributed by atoms with Gasteiger partial charge in [-0.3, -0.25) is 0 Å². The number of carbonyl (C=O) groups excluding carboxylic acids is 1. The van der Waals surface area contributed by atoms with E-state index in [9.17, 15) is 4.79 Å². The lowest BCUT2D eigenvalue weighted by Gasteiger charge is -2.22. The number of nitrogens with zero attached hydrogens (tertiary/aromatic N) is 3. The Hall–Kier alpha value is -3.59. The van der Waals surface area contributed by atoms with Crippen LogP contribution in [0.4, 0.5) is 22.0 Å². The summed E-state index contributed by atoms with van der Waals surface area (Å²) in [6.45, 7) is 7.68. The maximum atomic E-state index is 12.3. The van der Waals surface area contributed by atoms with Crippen LogP contribution in [0.1, 0.15) is 46.0 Å². The van der Waals surface area contributed by atoms with Gasteiger partial charge in [-0.05, 0) is 56.3 Å². The summed E-state index contributed by atoms with van der Waals surface area (Å²) < 4.78 is 11.6. The van der Waals surface area contributed by atoms with Crippen molar-refractivity contribution in [3.8, 4) is 11.5 Å². The van der Waals surface area contributed by atoms with Gasteiger partial charge in [-0.2, -0.15) is 0 Å². The van der Waals surface area contributed by atoms with Crippen LogP contribution >= 0.6 is 0 Å². The lowest BCUT2D eigenvalue weighted by molar-refractivity contribution is 0.217. The Morgan fingerprint density at radius 2 is 1.73 bits per heavy atom. The fourth-order valence-corrected chi connectivity index (χ4v) is 4.63. The third-order valence-electron chi connectivity index (χ3n) is 6.83. The van der Waals surface area contributed by atoms with E-state index >= 15 is 0 Å². The van der Waals surface area contributed by atoms with Crippen molar-refractivity contribution < 1.29 is 14.3 Å². The topological polar surface area (TPSA) is 101 Å². The first-order valence-electron chi connectivity index (χ1n) is 13.2. The van der Waals surface area contributed by atoms with Crippen molar-refractivity contribution in [1.82, 2.24) is 20.2 Å². The number of carbonyl (C=O) groups is 1. The van der Waals surface area contributed by atoms with E-state index in [-0.39, 0.29) is 12.1 Å². The average Bonchev–Trinajstić information content (AvgIpc) is 2.92. The second-order valence-electron chi connectivity index (χ2n) is 9.25. The predicted molar refractivity (Wildman–Crippen MR) is 148 cm³/mol. The van der Waals surface area contributed by atoms with E-state index in [1.807, 2.05) is 36.4 Å². The molecule has 3 N–H and O–H groups in total. The molecule has 2 amide bonds. The monoisotopic (exact) mass is 506 g/mol. The number of amides is 2. The molecule has 0 bridgehead atoms. The molecule has 198 valence electrons. The Morgan fingerprint density at radius 1 is 1.00 bits per heavy atom. The molecule has 9 nitrogen and oxygen atoms in total. The molecular formula is C28H38N6O3. The van der Waals surface area contributed by atoms with Crippen LogP contribution in [-0.4, -0.2) is 60.3 Å². The zero-order valence-corrected chi connectivity index (χ0v) is 22.0. The summed E-state index contributed by atoms with van der Waals surface area (Å²) in [6.07, 6.45) is 7.26. The molecule has 1 aromatic heterocycles. The minimum Gasteiger partial charge on any atom is -0.493 e. The van der Waals surface area contributed by atoms with Gasteiger partial charge in [0.15, 0.2) is 11.5 Å². The van der Waals surface area contributed by atoms with Gasteiger partial charge in [-0.1, -0.05) is 33.1 Å². The highest BCUT2D eigenvalue weighted by Gasteiger charge is 2.16. The number of fused-ring (bicyclic) bond motifs is 1. The van der Waals surface area contributed by atoms with Crippen molar-refractivity contribution in [2.24, 2.45) is 0 Å². The van der Waals surface area contributed by atoms with Gasteiger partial charge in [0, 0.05) is 35.4 Å². The number of hydrogen-bond donors (Lipinski definition) is 3. The van der Waals surface area contributed by atoms with Gasteiger partial charge in [0.2, 0.25) is 0 Å². The van der Waals surface area contributed by atoms with Crippen LogP contribution in [0, 0.1) is 0 Å². The van der Waals surface area contributed by atoms with Crippen molar-refractivity contribution >= 4 is 34.1 Å². The molecule has 0 radical (unpaired) electrons. The molecule has 1 aliphatic carbocycles. The largest absolute Gasteiger partial charge is 0.493 e.